The van der Waals surface area contributed by atoms with E-state index in [1.54, 1.807) is 0 Å². The van der Waals surface area contributed by atoms with E-state index in [-0.39, 0.29) is 18.0 Å². The molecule has 0 aromatic rings. The summed E-state index contributed by atoms with van der Waals surface area (Å²) in [6.07, 6.45) is 44.1. The van der Waals surface area contributed by atoms with Crippen molar-refractivity contribution in [2.45, 2.75) is 264 Å². The standard InChI is InChI=1S/C48H96N2O4/c1-4-7-10-13-16-27-36-45-53-47(51)39-30-21-17-24-33-42-50(44-35-26-23-32-41-49)43-34-25-18-22-31-40-48(52)54-46(37-28-19-14-11-8-5-2)38-29-20-15-12-9-6-3/h46H,4-45,49H2,1-3H3. The third-order valence-electron chi connectivity index (χ3n) is 11.2. The van der Waals surface area contributed by atoms with E-state index in [0.29, 0.717) is 19.4 Å². The van der Waals surface area contributed by atoms with E-state index in [9.17, 15) is 9.59 Å². The maximum Gasteiger partial charge on any atom is 0.306 e. The Bertz CT molecular complexity index is 747. The molecule has 322 valence electrons. The van der Waals surface area contributed by atoms with Crippen LogP contribution in [0.15, 0.2) is 0 Å². The fourth-order valence-corrected chi connectivity index (χ4v) is 7.57. The molecule has 0 aromatic carbocycles. The van der Waals surface area contributed by atoms with Crippen LogP contribution in [-0.4, -0.2) is 55.7 Å². The van der Waals surface area contributed by atoms with Crippen LogP contribution in [0, 0.1) is 0 Å². The zero-order valence-corrected chi connectivity index (χ0v) is 36.9. The third-order valence-corrected chi connectivity index (χ3v) is 11.2. The highest BCUT2D eigenvalue weighted by atomic mass is 16.5. The van der Waals surface area contributed by atoms with E-state index in [4.69, 9.17) is 15.2 Å². The number of ether oxygens (including phenoxy) is 2. The normalized spacial score (nSPS) is 11.6. The van der Waals surface area contributed by atoms with Crippen molar-refractivity contribution in [2.24, 2.45) is 5.73 Å². The first-order valence-electron chi connectivity index (χ1n) is 24.3. The molecular weight excluding hydrogens is 669 g/mol. The zero-order valence-electron chi connectivity index (χ0n) is 36.9. The van der Waals surface area contributed by atoms with Crippen molar-refractivity contribution in [3.63, 3.8) is 0 Å². The van der Waals surface area contributed by atoms with E-state index in [1.165, 1.54) is 193 Å². The molecule has 0 bridgehead atoms. The highest BCUT2D eigenvalue weighted by molar-refractivity contribution is 5.69. The number of nitrogens with zero attached hydrogens (tertiary/aromatic N) is 1. The van der Waals surface area contributed by atoms with Crippen LogP contribution in [0.25, 0.3) is 0 Å². The zero-order chi connectivity index (χ0) is 39.4. The van der Waals surface area contributed by atoms with Crippen molar-refractivity contribution in [3.05, 3.63) is 0 Å². The molecule has 0 aliphatic carbocycles. The van der Waals surface area contributed by atoms with Gasteiger partial charge in [-0.15, -0.1) is 0 Å². The first-order chi connectivity index (χ1) is 26.6. The summed E-state index contributed by atoms with van der Waals surface area (Å²) in [5.41, 5.74) is 5.71. The van der Waals surface area contributed by atoms with Crippen LogP contribution in [-0.2, 0) is 19.1 Å². The topological polar surface area (TPSA) is 81.9 Å². The summed E-state index contributed by atoms with van der Waals surface area (Å²) >= 11 is 0. The Labute approximate surface area is 338 Å². The third kappa shape index (κ3) is 40.5. The number of nitrogens with two attached hydrogens (primary N) is 1. The highest BCUT2D eigenvalue weighted by Gasteiger charge is 2.14. The van der Waals surface area contributed by atoms with Crippen molar-refractivity contribution < 1.29 is 19.1 Å². The SMILES string of the molecule is CCCCCCCCCOC(=O)CCCCCCCN(CCCCCCN)CCCCCCCC(=O)OC(CCCCCCCC)CCCCCCCC. The second-order valence-corrected chi connectivity index (χ2v) is 16.6. The minimum atomic E-state index is -0.00651. The van der Waals surface area contributed by atoms with Gasteiger partial charge in [-0.25, -0.2) is 0 Å². The predicted octanol–water partition coefficient (Wildman–Crippen LogP) is 14.2. The van der Waals surface area contributed by atoms with Gasteiger partial charge in [0.2, 0.25) is 0 Å². The molecular formula is C48H96N2O4. The van der Waals surface area contributed by atoms with E-state index in [1.807, 2.05) is 0 Å². The van der Waals surface area contributed by atoms with Crippen LogP contribution < -0.4 is 5.73 Å². The van der Waals surface area contributed by atoms with Crippen molar-refractivity contribution in [1.82, 2.24) is 4.90 Å². The molecule has 0 rings (SSSR count). The Hall–Kier alpha value is -1.14. The Morgan fingerprint density at radius 2 is 0.778 bits per heavy atom. The van der Waals surface area contributed by atoms with Gasteiger partial charge in [0.15, 0.2) is 0 Å². The monoisotopic (exact) mass is 765 g/mol. The number of hydrogen-bond donors (Lipinski definition) is 1. The quantitative estimate of drug-likeness (QED) is 0.0491. The lowest BCUT2D eigenvalue weighted by Crippen LogP contribution is -2.27. The van der Waals surface area contributed by atoms with Gasteiger partial charge < -0.3 is 20.1 Å². The summed E-state index contributed by atoms with van der Waals surface area (Å²) < 4.78 is 11.5. The van der Waals surface area contributed by atoms with Gasteiger partial charge in [-0.2, -0.15) is 0 Å². The van der Waals surface area contributed by atoms with Gasteiger partial charge >= 0.3 is 11.9 Å². The molecule has 0 amide bonds. The lowest BCUT2D eigenvalue weighted by Gasteiger charge is -2.22. The van der Waals surface area contributed by atoms with E-state index < -0.39 is 0 Å². The van der Waals surface area contributed by atoms with Crippen molar-refractivity contribution in [1.29, 1.82) is 0 Å². The molecule has 0 spiro atoms. The maximum absolute atomic E-state index is 12.8. The molecule has 0 heterocycles. The molecule has 0 radical (unpaired) electrons. The van der Waals surface area contributed by atoms with Gasteiger partial charge in [-0.05, 0) is 96.8 Å². The molecule has 54 heavy (non-hydrogen) atoms. The molecule has 2 N–H and O–H groups in total. The lowest BCUT2D eigenvalue weighted by molar-refractivity contribution is -0.150. The van der Waals surface area contributed by atoms with Crippen molar-refractivity contribution in [3.8, 4) is 0 Å². The summed E-state index contributed by atoms with van der Waals surface area (Å²) in [5, 5.41) is 0. The minimum absolute atomic E-state index is 0.00651. The Balaban J connectivity index is 4.21. The van der Waals surface area contributed by atoms with E-state index in [0.717, 1.165) is 57.9 Å². The molecule has 6 heteroatoms. The molecule has 0 fully saturated rings. The van der Waals surface area contributed by atoms with Crippen LogP contribution in [0.2, 0.25) is 0 Å². The minimum Gasteiger partial charge on any atom is -0.466 e. The van der Waals surface area contributed by atoms with Crippen LogP contribution in [0.4, 0.5) is 0 Å². The average molecular weight is 765 g/mol. The molecule has 0 saturated heterocycles. The summed E-state index contributed by atoms with van der Waals surface area (Å²) in [6.45, 7) is 11.7. The smallest absolute Gasteiger partial charge is 0.306 e. The van der Waals surface area contributed by atoms with Gasteiger partial charge in [-0.3, -0.25) is 9.59 Å². The summed E-state index contributed by atoms with van der Waals surface area (Å²) in [6, 6.07) is 0. The largest absolute Gasteiger partial charge is 0.466 e. The van der Waals surface area contributed by atoms with Gasteiger partial charge in [0.1, 0.15) is 6.10 Å². The Kier molecular flexibility index (Phi) is 43.6. The molecule has 0 atom stereocenters. The summed E-state index contributed by atoms with van der Waals surface area (Å²) in [4.78, 5) is 27.6. The summed E-state index contributed by atoms with van der Waals surface area (Å²) in [5.74, 6) is 0.0319. The van der Waals surface area contributed by atoms with E-state index >= 15 is 0 Å². The van der Waals surface area contributed by atoms with Crippen LogP contribution in [0.5, 0.6) is 0 Å². The Morgan fingerprint density at radius 1 is 0.426 bits per heavy atom. The first-order valence-corrected chi connectivity index (χ1v) is 24.3. The number of unbranched alkanes of at least 4 members (excludes halogenated alkanes) is 27. The summed E-state index contributed by atoms with van der Waals surface area (Å²) in [7, 11) is 0. The van der Waals surface area contributed by atoms with Gasteiger partial charge in [0.05, 0.1) is 6.61 Å². The molecule has 0 saturated carbocycles. The lowest BCUT2D eigenvalue weighted by atomic mass is 10.0. The van der Waals surface area contributed by atoms with Gasteiger partial charge in [-0.1, -0.05) is 175 Å². The van der Waals surface area contributed by atoms with E-state index in [2.05, 4.69) is 25.7 Å². The van der Waals surface area contributed by atoms with Gasteiger partial charge in [0, 0.05) is 12.8 Å². The van der Waals surface area contributed by atoms with Crippen LogP contribution in [0.1, 0.15) is 258 Å². The highest BCUT2D eigenvalue weighted by Crippen LogP contribution is 2.19. The number of carbonyl (C=O) groups excluding carboxylic acids is 2. The molecule has 0 aliphatic rings. The molecule has 0 aromatic heterocycles. The predicted molar refractivity (Wildman–Crippen MR) is 234 cm³/mol. The average Bonchev–Trinajstić information content (AvgIpc) is 3.17. The molecule has 0 unspecified atom stereocenters. The first kappa shape index (κ1) is 52.9. The molecule has 6 nitrogen and oxygen atoms in total. The second kappa shape index (κ2) is 44.6. The van der Waals surface area contributed by atoms with Crippen molar-refractivity contribution >= 4 is 11.9 Å². The fourth-order valence-electron chi connectivity index (χ4n) is 7.57. The molecule has 0 aliphatic heterocycles. The Morgan fingerprint density at radius 3 is 1.22 bits per heavy atom. The van der Waals surface area contributed by atoms with Crippen LogP contribution >= 0.6 is 0 Å². The number of carbonyl (C=O) groups is 2. The number of rotatable bonds is 45. The van der Waals surface area contributed by atoms with Crippen molar-refractivity contribution in [2.75, 3.05) is 32.8 Å². The fraction of sp³-hybridized carbons (Fsp3) is 0.958. The maximum atomic E-state index is 12.8. The van der Waals surface area contributed by atoms with Gasteiger partial charge in [0.25, 0.3) is 0 Å². The number of hydrogen-bond acceptors (Lipinski definition) is 6. The van der Waals surface area contributed by atoms with Crippen LogP contribution in [0.3, 0.4) is 0 Å². The second-order valence-electron chi connectivity index (χ2n) is 16.6. The number of esters is 2.